The van der Waals surface area contributed by atoms with E-state index in [1.807, 2.05) is 0 Å². The fourth-order valence-electron chi connectivity index (χ4n) is 2.18. The van der Waals surface area contributed by atoms with Crippen LogP contribution < -0.4 is 0 Å². The second kappa shape index (κ2) is 6.33. The summed E-state index contributed by atoms with van der Waals surface area (Å²) in [6.07, 6.45) is 0.842. The molecule has 0 atom stereocenters. The van der Waals surface area contributed by atoms with Crippen molar-refractivity contribution < 1.29 is 0 Å². The number of aromatic nitrogens is 3. The molecular formula is C15H20BrN3. The molecule has 0 amide bonds. The molecule has 19 heavy (non-hydrogen) atoms. The highest BCUT2D eigenvalue weighted by atomic mass is 79.9. The van der Waals surface area contributed by atoms with Crippen molar-refractivity contribution in [2.45, 2.75) is 39.1 Å². The average Bonchev–Trinajstić information content (AvgIpc) is 2.71. The molecule has 0 saturated heterocycles. The first-order valence-corrected chi connectivity index (χ1v) is 7.74. The number of alkyl halides is 1. The van der Waals surface area contributed by atoms with Gasteiger partial charge in [-0.1, -0.05) is 59.6 Å². The lowest BCUT2D eigenvalue weighted by atomic mass is 10.1. The molecule has 0 spiro atoms. The van der Waals surface area contributed by atoms with E-state index in [1.54, 1.807) is 0 Å². The monoisotopic (exact) mass is 321 g/mol. The molecule has 0 fully saturated rings. The van der Waals surface area contributed by atoms with E-state index in [1.165, 1.54) is 11.1 Å². The Hall–Kier alpha value is -1.16. The fourth-order valence-corrected chi connectivity index (χ4v) is 2.60. The Morgan fingerprint density at radius 3 is 2.58 bits per heavy atom. The van der Waals surface area contributed by atoms with E-state index < -0.39 is 0 Å². The summed E-state index contributed by atoms with van der Waals surface area (Å²) in [6.45, 7) is 7.52. The Labute approximate surface area is 123 Å². The molecule has 2 rings (SSSR count). The summed E-state index contributed by atoms with van der Waals surface area (Å²) in [5.41, 5.74) is 2.58. The van der Waals surface area contributed by atoms with Gasteiger partial charge in [0.2, 0.25) is 0 Å². The molecule has 102 valence electrons. The van der Waals surface area contributed by atoms with Crippen LogP contribution in [-0.2, 0) is 18.3 Å². The molecule has 1 heterocycles. The van der Waals surface area contributed by atoms with Crippen LogP contribution in [0.2, 0.25) is 0 Å². The summed E-state index contributed by atoms with van der Waals surface area (Å²) in [4.78, 5) is 0. The molecule has 0 radical (unpaired) electrons. The van der Waals surface area contributed by atoms with Crippen LogP contribution in [-0.4, -0.2) is 14.8 Å². The number of benzene rings is 1. The maximum Gasteiger partial charge on any atom is 0.143 e. The summed E-state index contributed by atoms with van der Waals surface area (Å²) in [5, 5.41) is 9.37. The van der Waals surface area contributed by atoms with Crippen LogP contribution in [0.5, 0.6) is 0 Å². The molecule has 0 aliphatic rings. The lowest BCUT2D eigenvalue weighted by Gasteiger charge is -2.12. The first-order chi connectivity index (χ1) is 9.10. The van der Waals surface area contributed by atoms with Crippen molar-refractivity contribution in [3.63, 3.8) is 0 Å². The Bertz CT molecular complexity index is 546. The fraction of sp³-hybridized carbons (Fsp3) is 0.467. The predicted octanol–water partition coefficient (Wildman–Crippen LogP) is 3.73. The normalized spacial score (nSPS) is 11.2. The van der Waals surface area contributed by atoms with Gasteiger partial charge < -0.3 is 4.57 Å². The van der Waals surface area contributed by atoms with E-state index >= 15 is 0 Å². The van der Waals surface area contributed by atoms with Gasteiger partial charge in [-0.25, -0.2) is 0 Å². The van der Waals surface area contributed by atoms with Gasteiger partial charge in [0.05, 0.1) is 5.33 Å². The van der Waals surface area contributed by atoms with Crippen LogP contribution >= 0.6 is 15.9 Å². The van der Waals surface area contributed by atoms with E-state index in [0.29, 0.717) is 5.92 Å². The summed E-state index contributed by atoms with van der Waals surface area (Å²) >= 11 is 3.49. The standard InChI is InChI=1S/C15H20BrN3/c1-11(2)10-19-14(17-18-15(19)9-16)8-13-6-4-5-12(3)7-13/h4-7,11H,8-10H2,1-3H3. The van der Waals surface area contributed by atoms with Crippen LogP contribution in [0.1, 0.15) is 36.6 Å². The van der Waals surface area contributed by atoms with Crippen molar-refractivity contribution in [1.82, 2.24) is 14.8 Å². The third-order valence-corrected chi connectivity index (χ3v) is 3.52. The zero-order valence-electron chi connectivity index (χ0n) is 11.7. The summed E-state index contributed by atoms with van der Waals surface area (Å²) in [5.74, 6) is 2.65. The van der Waals surface area contributed by atoms with Gasteiger partial charge in [-0.3, -0.25) is 0 Å². The van der Waals surface area contributed by atoms with E-state index in [4.69, 9.17) is 0 Å². The largest absolute Gasteiger partial charge is 0.314 e. The van der Waals surface area contributed by atoms with Crippen molar-refractivity contribution in [3.05, 3.63) is 47.0 Å². The third-order valence-electron chi connectivity index (χ3n) is 3.02. The average molecular weight is 322 g/mol. The molecule has 3 nitrogen and oxygen atoms in total. The third kappa shape index (κ3) is 3.66. The van der Waals surface area contributed by atoms with Crippen molar-refractivity contribution in [2.75, 3.05) is 0 Å². The Morgan fingerprint density at radius 1 is 1.21 bits per heavy atom. The van der Waals surface area contributed by atoms with Crippen molar-refractivity contribution >= 4 is 15.9 Å². The number of hydrogen-bond acceptors (Lipinski definition) is 2. The predicted molar refractivity (Wildman–Crippen MR) is 81.5 cm³/mol. The summed E-state index contributed by atoms with van der Waals surface area (Å²) in [6, 6.07) is 8.57. The number of aryl methyl sites for hydroxylation is 1. The molecule has 0 unspecified atom stereocenters. The second-order valence-corrected chi connectivity index (χ2v) is 5.90. The Kier molecular flexibility index (Phi) is 4.75. The van der Waals surface area contributed by atoms with E-state index in [-0.39, 0.29) is 0 Å². The smallest absolute Gasteiger partial charge is 0.143 e. The molecule has 1 aromatic heterocycles. The van der Waals surface area contributed by atoms with Gasteiger partial charge in [0.25, 0.3) is 0 Å². The van der Waals surface area contributed by atoms with Gasteiger partial charge in [-0.05, 0) is 18.4 Å². The van der Waals surface area contributed by atoms with Crippen LogP contribution in [0.3, 0.4) is 0 Å². The molecule has 2 aromatic rings. The lowest BCUT2D eigenvalue weighted by Crippen LogP contribution is -2.11. The van der Waals surface area contributed by atoms with E-state index in [2.05, 4.69) is 75.7 Å². The number of nitrogens with zero attached hydrogens (tertiary/aromatic N) is 3. The first kappa shape index (κ1) is 14.3. The molecule has 0 aliphatic heterocycles. The molecule has 4 heteroatoms. The molecule has 0 N–H and O–H groups in total. The number of halogens is 1. The Morgan fingerprint density at radius 2 is 1.95 bits per heavy atom. The number of hydrogen-bond donors (Lipinski definition) is 0. The van der Waals surface area contributed by atoms with Gasteiger partial charge in [0.1, 0.15) is 11.6 Å². The van der Waals surface area contributed by atoms with Crippen molar-refractivity contribution in [1.29, 1.82) is 0 Å². The van der Waals surface area contributed by atoms with Crippen LogP contribution in [0.15, 0.2) is 24.3 Å². The minimum atomic E-state index is 0.588. The quantitative estimate of drug-likeness (QED) is 0.785. The highest BCUT2D eigenvalue weighted by Crippen LogP contribution is 2.14. The maximum atomic E-state index is 4.35. The lowest BCUT2D eigenvalue weighted by molar-refractivity contribution is 0.500. The molecular weight excluding hydrogens is 302 g/mol. The topological polar surface area (TPSA) is 30.7 Å². The highest BCUT2D eigenvalue weighted by Gasteiger charge is 2.12. The minimum Gasteiger partial charge on any atom is -0.314 e. The zero-order valence-corrected chi connectivity index (χ0v) is 13.3. The van der Waals surface area contributed by atoms with Crippen LogP contribution in [0, 0.1) is 12.8 Å². The summed E-state index contributed by atoms with van der Waals surface area (Å²) in [7, 11) is 0. The molecule has 0 saturated carbocycles. The highest BCUT2D eigenvalue weighted by molar-refractivity contribution is 9.08. The van der Waals surface area contributed by atoms with Gasteiger partial charge >= 0.3 is 0 Å². The van der Waals surface area contributed by atoms with Gasteiger partial charge in [0, 0.05) is 13.0 Å². The zero-order chi connectivity index (χ0) is 13.8. The number of rotatable bonds is 5. The van der Waals surface area contributed by atoms with E-state index in [9.17, 15) is 0 Å². The van der Waals surface area contributed by atoms with Crippen molar-refractivity contribution in [2.24, 2.45) is 5.92 Å². The first-order valence-electron chi connectivity index (χ1n) is 6.62. The molecule has 0 bridgehead atoms. The second-order valence-electron chi connectivity index (χ2n) is 5.34. The van der Waals surface area contributed by atoms with Crippen molar-refractivity contribution in [3.8, 4) is 0 Å². The molecule has 0 aliphatic carbocycles. The van der Waals surface area contributed by atoms with Gasteiger partial charge in [-0.15, -0.1) is 10.2 Å². The minimum absolute atomic E-state index is 0.588. The van der Waals surface area contributed by atoms with Gasteiger partial charge in [0.15, 0.2) is 0 Å². The molecule has 1 aromatic carbocycles. The SMILES string of the molecule is Cc1cccc(Cc2nnc(CBr)n2CC(C)C)c1. The summed E-state index contributed by atoms with van der Waals surface area (Å²) < 4.78 is 2.24. The van der Waals surface area contributed by atoms with Crippen LogP contribution in [0.25, 0.3) is 0 Å². The van der Waals surface area contributed by atoms with Crippen LogP contribution in [0.4, 0.5) is 0 Å². The Balaban J connectivity index is 2.27. The maximum absolute atomic E-state index is 4.35. The van der Waals surface area contributed by atoms with E-state index in [0.717, 1.165) is 29.9 Å². The van der Waals surface area contributed by atoms with Gasteiger partial charge in [-0.2, -0.15) is 0 Å².